The normalized spacial score (nSPS) is 26.8. The molecule has 2 fully saturated rings. The molecule has 1 heterocycles. The van der Waals surface area contributed by atoms with Gasteiger partial charge in [-0.05, 0) is 64.1 Å². The monoisotopic (exact) mass is 210 g/mol. The van der Waals surface area contributed by atoms with E-state index in [1.165, 1.54) is 51.9 Å². The van der Waals surface area contributed by atoms with Crippen LogP contribution in [0.1, 0.15) is 39.5 Å². The SMILES string of the molecule is CC(CN1CCCC1)NCC(C)C1CC1. The maximum absolute atomic E-state index is 3.69. The fourth-order valence-electron chi connectivity index (χ4n) is 2.64. The van der Waals surface area contributed by atoms with Crippen molar-refractivity contribution in [1.82, 2.24) is 10.2 Å². The van der Waals surface area contributed by atoms with Gasteiger partial charge in [-0.2, -0.15) is 0 Å². The van der Waals surface area contributed by atoms with Gasteiger partial charge < -0.3 is 10.2 Å². The molecule has 2 rings (SSSR count). The molecule has 0 aromatic heterocycles. The molecule has 0 spiro atoms. The first-order chi connectivity index (χ1) is 7.25. The van der Waals surface area contributed by atoms with Crippen LogP contribution in [-0.2, 0) is 0 Å². The quantitative estimate of drug-likeness (QED) is 0.722. The first-order valence-corrected chi connectivity index (χ1v) is 6.71. The average molecular weight is 210 g/mol. The fourth-order valence-corrected chi connectivity index (χ4v) is 2.64. The summed E-state index contributed by atoms with van der Waals surface area (Å²) in [7, 11) is 0. The Hall–Kier alpha value is -0.0800. The van der Waals surface area contributed by atoms with Crippen molar-refractivity contribution in [3.8, 4) is 0 Å². The van der Waals surface area contributed by atoms with Crippen LogP contribution in [0.5, 0.6) is 0 Å². The molecule has 1 saturated carbocycles. The molecule has 2 nitrogen and oxygen atoms in total. The molecule has 1 aliphatic carbocycles. The van der Waals surface area contributed by atoms with E-state index in [4.69, 9.17) is 0 Å². The smallest absolute Gasteiger partial charge is 0.0166 e. The summed E-state index contributed by atoms with van der Waals surface area (Å²) in [6.45, 7) is 9.84. The Balaban J connectivity index is 1.56. The zero-order chi connectivity index (χ0) is 10.7. The predicted octanol–water partition coefficient (Wildman–Crippen LogP) is 2.11. The molecule has 0 aromatic carbocycles. The minimum Gasteiger partial charge on any atom is -0.313 e. The van der Waals surface area contributed by atoms with Crippen molar-refractivity contribution in [2.24, 2.45) is 11.8 Å². The highest BCUT2D eigenvalue weighted by molar-refractivity contribution is 4.81. The lowest BCUT2D eigenvalue weighted by Gasteiger charge is -2.22. The Kier molecular flexibility index (Phi) is 4.04. The van der Waals surface area contributed by atoms with Gasteiger partial charge in [0.1, 0.15) is 0 Å². The van der Waals surface area contributed by atoms with Crippen LogP contribution in [0.25, 0.3) is 0 Å². The third kappa shape index (κ3) is 3.76. The second-order valence-corrected chi connectivity index (χ2v) is 5.63. The molecule has 1 N–H and O–H groups in total. The summed E-state index contributed by atoms with van der Waals surface area (Å²) >= 11 is 0. The summed E-state index contributed by atoms with van der Waals surface area (Å²) in [4.78, 5) is 2.60. The highest BCUT2D eigenvalue weighted by Crippen LogP contribution is 2.36. The van der Waals surface area contributed by atoms with Crippen LogP contribution in [0.15, 0.2) is 0 Å². The molecule has 2 unspecified atom stereocenters. The van der Waals surface area contributed by atoms with Crippen molar-refractivity contribution >= 4 is 0 Å². The summed E-state index contributed by atoms with van der Waals surface area (Å²) in [5.41, 5.74) is 0. The molecule has 2 heteroatoms. The maximum atomic E-state index is 3.69. The van der Waals surface area contributed by atoms with Crippen molar-refractivity contribution in [1.29, 1.82) is 0 Å². The van der Waals surface area contributed by atoms with E-state index in [-0.39, 0.29) is 0 Å². The number of nitrogens with one attached hydrogen (secondary N) is 1. The second-order valence-electron chi connectivity index (χ2n) is 5.63. The van der Waals surface area contributed by atoms with E-state index >= 15 is 0 Å². The first kappa shape index (κ1) is 11.4. The number of likely N-dealkylation sites (tertiary alicyclic amines) is 1. The largest absolute Gasteiger partial charge is 0.313 e. The molecule has 0 aromatic rings. The van der Waals surface area contributed by atoms with Gasteiger partial charge in [0, 0.05) is 12.6 Å². The molecular weight excluding hydrogens is 184 g/mol. The van der Waals surface area contributed by atoms with Crippen LogP contribution in [0.3, 0.4) is 0 Å². The van der Waals surface area contributed by atoms with Gasteiger partial charge in [-0.1, -0.05) is 6.92 Å². The molecule has 15 heavy (non-hydrogen) atoms. The van der Waals surface area contributed by atoms with Gasteiger partial charge >= 0.3 is 0 Å². The second kappa shape index (κ2) is 5.31. The van der Waals surface area contributed by atoms with Gasteiger partial charge in [-0.25, -0.2) is 0 Å². The summed E-state index contributed by atoms with van der Waals surface area (Å²) < 4.78 is 0. The van der Waals surface area contributed by atoms with Gasteiger partial charge in [0.25, 0.3) is 0 Å². The highest BCUT2D eigenvalue weighted by Gasteiger charge is 2.27. The van der Waals surface area contributed by atoms with E-state index < -0.39 is 0 Å². The van der Waals surface area contributed by atoms with E-state index in [1.54, 1.807) is 0 Å². The van der Waals surface area contributed by atoms with E-state index in [0.717, 1.165) is 11.8 Å². The van der Waals surface area contributed by atoms with Crippen LogP contribution < -0.4 is 5.32 Å². The minimum atomic E-state index is 0.671. The molecule has 1 saturated heterocycles. The van der Waals surface area contributed by atoms with E-state index in [9.17, 15) is 0 Å². The first-order valence-electron chi connectivity index (χ1n) is 6.71. The molecule has 88 valence electrons. The van der Waals surface area contributed by atoms with Crippen LogP contribution in [0, 0.1) is 11.8 Å². The Bertz CT molecular complexity index is 183. The predicted molar refractivity (Wildman–Crippen MR) is 65.0 cm³/mol. The van der Waals surface area contributed by atoms with Crippen molar-refractivity contribution in [3.05, 3.63) is 0 Å². The van der Waals surface area contributed by atoms with Crippen LogP contribution in [-0.4, -0.2) is 37.1 Å². The molecule has 0 bridgehead atoms. The Morgan fingerprint density at radius 2 is 1.87 bits per heavy atom. The van der Waals surface area contributed by atoms with Gasteiger partial charge in [0.15, 0.2) is 0 Å². The van der Waals surface area contributed by atoms with Crippen LogP contribution in [0.2, 0.25) is 0 Å². The van der Waals surface area contributed by atoms with Crippen LogP contribution >= 0.6 is 0 Å². The Morgan fingerprint density at radius 1 is 1.20 bits per heavy atom. The van der Waals surface area contributed by atoms with Crippen molar-refractivity contribution in [2.75, 3.05) is 26.2 Å². The molecular formula is C13H26N2. The van der Waals surface area contributed by atoms with Crippen molar-refractivity contribution in [2.45, 2.75) is 45.6 Å². The number of hydrogen-bond donors (Lipinski definition) is 1. The Morgan fingerprint density at radius 3 is 2.47 bits per heavy atom. The molecule has 0 amide bonds. The lowest BCUT2D eigenvalue weighted by molar-refractivity contribution is 0.290. The van der Waals surface area contributed by atoms with E-state index in [1.807, 2.05) is 0 Å². The summed E-state index contributed by atoms with van der Waals surface area (Å²) in [5.74, 6) is 1.93. The van der Waals surface area contributed by atoms with E-state index in [2.05, 4.69) is 24.1 Å². The summed E-state index contributed by atoms with van der Waals surface area (Å²) in [6.07, 6.45) is 5.77. The zero-order valence-electron chi connectivity index (χ0n) is 10.3. The van der Waals surface area contributed by atoms with Gasteiger partial charge in [-0.15, -0.1) is 0 Å². The third-order valence-electron chi connectivity index (χ3n) is 3.95. The van der Waals surface area contributed by atoms with Crippen molar-refractivity contribution < 1.29 is 0 Å². The van der Waals surface area contributed by atoms with E-state index in [0.29, 0.717) is 6.04 Å². The minimum absolute atomic E-state index is 0.671. The number of hydrogen-bond acceptors (Lipinski definition) is 2. The summed E-state index contributed by atoms with van der Waals surface area (Å²) in [5, 5.41) is 3.69. The van der Waals surface area contributed by atoms with Gasteiger partial charge in [0.2, 0.25) is 0 Å². The third-order valence-corrected chi connectivity index (χ3v) is 3.95. The number of nitrogens with zero attached hydrogens (tertiary/aromatic N) is 1. The van der Waals surface area contributed by atoms with Crippen molar-refractivity contribution in [3.63, 3.8) is 0 Å². The zero-order valence-corrected chi connectivity index (χ0v) is 10.3. The standard InChI is InChI=1S/C13H26N2/c1-11(13-5-6-13)9-14-12(2)10-15-7-3-4-8-15/h11-14H,3-10H2,1-2H3. The van der Waals surface area contributed by atoms with Gasteiger partial charge in [-0.3, -0.25) is 0 Å². The molecule has 2 aliphatic rings. The Labute approximate surface area is 94.4 Å². The molecule has 1 aliphatic heterocycles. The lowest BCUT2D eigenvalue weighted by atomic mass is 10.1. The van der Waals surface area contributed by atoms with Gasteiger partial charge in [0.05, 0.1) is 0 Å². The lowest BCUT2D eigenvalue weighted by Crippen LogP contribution is -2.39. The molecule has 2 atom stereocenters. The highest BCUT2D eigenvalue weighted by atomic mass is 15.2. The summed E-state index contributed by atoms with van der Waals surface area (Å²) in [6, 6.07) is 0.671. The average Bonchev–Trinajstić information content (AvgIpc) is 2.95. The number of rotatable bonds is 6. The molecule has 0 radical (unpaired) electrons. The van der Waals surface area contributed by atoms with Crippen LogP contribution in [0.4, 0.5) is 0 Å². The maximum Gasteiger partial charge on any atom is 0.0166 e. The topological polar surface area (TPSA) is 15.3 Å². The fraction of sp³-hybridized carbons (Fsp3) is 1.00.